The van der Waals surface area contributed by atoms with Crippen molar-refractivity contribution in [3.05, 3.63) is 35.9 Å². The standard InChI is InChI=1S/C30H48N2O5/c1-37-22-11-9-20-30(36,26-17-6-3-7-18-26)27-19-12-16-25(23-27)28(33)31-32(29(34)35)21-10-8-15-24-13-4-2-5-14-24/h3,6-7,17-18,24-25,27,36H,2,4-5,8-16,19-23H2,1H3,(H,31,33)(H,34,35). The van der Waals surface area contributed by atoms with Crippen LogP contribution in [0.15, 0.2) is 30.3 Å². The topological polar surface area (TPSA) is 99.1 Å². The minimum atomic E-state index is -1.11. The van der Waals surface area contributed by atoms with Crippen molar-refractivity contribution in [2.45, 2.75) is 102 Å². The minimum absolute atomic E-state index is 0.0595. The molecule has 2 amide bonds. The van der Waals surface area contributed by atoms with Gasteiger partial charge in [0.25, 0.3) is 0 Å². The molecule has 0 bridgehead atoms. The number of hydrazine groups is 1. The zero-order chi connectivity index (χ0) is 26.5. The van der Waals surface area contributed by atoms with Gasteiger partial charge in [0, 0.05) is 26.2 Å². The van der Waals surface area contributed by atoms with Gasteiger partial charge in [0.05, 0.1) is 5.60 Å². The van der Waals surface area contributed by atoms with E-state index in [9.17, 15) is 19.8 Å². The van der Waals surface area contributed by atoms with Crippen molar-refractivity contribution in [1.82, 2.24) is 10.4 Å². The molecular formula is C30H48N2O5. The first-order valence-corrected chi connectivity index (χ1v) is 14.5. The van der Waals surface area contributed by atoms with E-state index in [4.69, 9.17) is 4.74 Å². The van der Waals surface area contributed by atoms with E-state index in [2.05, 4.69) is 5.43 Å². The Morgan fingerprint density at radius 3 is 2.46 bits per heavy atom. The van der Waals surface area contributed by atoms with Gasteiger partial charge in [0.1, 0.15) is 0 Å². The van der Waals surface area contributed by atoms with Gasteiger partial charge >= 0.3 is 6.09 Å². The van der Waals surface area contributed by atoms with Crippen molar-refractivity contribution in [1.29, 1.82) is 0 Å². The molecular weight excluding hydrogens is 468 g/mol. The highest BCUT2D eigenvalue weighted by atomic mass is 16.5. The second-order valence-electron chi connectivity index (χ2n) is 11.2. The molecule has 7 heteroatoms. The zero-order valence-corrected chi connectivity index (χ0v) is 22.7. The molecule has 2 aliphatic rings. The maximum atomic E-state index is 13.2. The van der Waals surface area contributed by atoms with Gasteiger partial charge in [-0.1, -0.05) is 81.7 Å². The number of methoxy groups -OCH3 is 1. The molecule has 2 saturated carbocycles. The van der Waals surface area contributed by atoms with Gasteiger partial charge in [-0.2, -0.15) is 0 Å². The average molecular weight is 517 g/mol. The van der Waals surface area contributed by atoms with Gasteiger partial charge in [0.15, 0.2) is 0 Å². The van der Waals surface area contributed by atoms with Crippen LogP contribution in [0.5, 0.6) is 0 Å². The van der Waals surface area contributed by atoms with E-state index in [0.717, 1.165) is 61.4 Å². The van der Waals surface area contributed by atoms with E-state index in [-0.39, 0.29) is 17.7 Å². The predicted molar refractivity (Wildman–Crippen MR) is 145 cm³/mol. The Hall–Kier alpha value is -2.12. The quantitative estimate of drug-likeness (QED) is 0.212. The molecule has 2 fully saturated rings. The van der Waals surface area contributed by atoms with Gasteiger partial charge in [-0.25, -0.2) is 9.80 Å². The highest BCUT2D eigenvalue weighted by Gasteiger charge is 2.42. The molecule has 2 aliphatic carbocycles. The van der Waals surface area contributed by atoms with Crippen LogP contribution in [-0.4, -0.2) is 47.5 Å². The summed E-state index contributed by atoms with van der Waals surface area (Å²) in [5.41, 5.74) is 2.57. The van der Waals surface area contributed by atoms with Crippen molar-refractivity contribution in [2.75, 3.05) is 20.3 Å². The second-order valence-corrected chi connectivity index (χ2v) is 11.2. The van der Waals surface area contributed by atoms with Crippen molar-refractivity contribution >= 4 is 12.0 Å². The number of aliphatic hydroxyl groups is 1. The maximum Gasteiger partial charge on any atom is 0.426 e. The number of carboxylic acid groups (broad SMARTS) is 1. The Balaban J connectivity index is 1.56. The summed E-state index contributed by atoms with van der Waals surface area (Å²) in [5, 5.41) is 22.7. The smallest absolute Gasteiger partial charge is 0.426 e. The fourth-order valence-corrected chi connectivity index (χ4v) is 6.42. The summed E-state index contributed by atoms with van der Waals surface area (Å²) in [6.07, 6.45) is 13.6. The number of nitrogens with zero attached hydrogens (tertiary/aromatic N) is 1. The average Bonchev–Trinajstić information content (AvgIpc) is 2.93. The monoisotopic (exact) mass is 516 g/mol. The Morgan fingerprint density at radius 1 is 1.00 bits per heavy atom. The summed E-state index contributed by atoms with van der Waals surface area (Å²) >= 11 is 0. The summed E-state index contributed by atoms with van der Waals surface area (Å²) in [4.78, 5) is 25.0. The third-order valence-electron chi connectivity index (χ3n) is 8.60. The molecule has 0 spiro atoms. The number of unbranched alkanes of at least 4 members (excludes halogenated alkanes) is 2. The molecule has 3 N–H and O–H groups in total. The number of hydrogen-bond acceptors (Lipinski definition) is 4. The molecule has 37 heavy (non-hydrogen) atoms. The van der Waals surface area contributed by atoms with Crippen molar-refractivity contribution < 1.29 is 24.5 Å². The van der Waals surface area contributed by atoms with E-state index in [1.807, 2.05) is 30.3 Å². The van der Waals surface area contributed by atoms with Crippen LogP contribution in [0.2, 0.25) is 0 Å². The maximum absolute atomic E-state index is 13.2. The van der Waals surface area contributed by atoms with Crippen LogP contribution >= 0.6 is 0 Å². The first kappa shape index (κ1) is 29.4. The highest BCUT2D eigenvalue weighted by Crippen LogP contribution is 2.44. The van der Waals surface area contributed by atoms with Gasteiger partial charge < -0.3 is 14.9 Å². The van der Waals surface area contributed by atoms with Crippen LogP contribution in [0.25, 0.3) is 0 Å². The van der Waals surface area contributed by atoms with Gasteiger partial charge in [0.2, 0.25) is 5.91 Å². The lowest BCUT2D eigenvalue weighted by atomic mass is 9.68. The number of carbonyl (C=O) groups is 2. The Labute approximate surface area is 222 Å². The molecule has 3 rings (SSSR count). The van der Waals surface area contributed by atoms with Gasteiger partial charge in [-0.3, -0.25) is 10.2 Å². The third kappa shape index (κ3) is 8.99. The third-order valence-corrected chi connectivity index (χ3v) is 8.60. The largest absolute Gasteiger partial charge is 0.464 e. The molecule has 0 aromatic heterocycles. The van der Waals surface area contributed by atoms with E-state index < -0.39 is 11.7 Å². The van der Waals surface area contributed by atoms with E-state index in [0.29, 0.717) is 32.4 Å². The number of rotatable bonds is 13. The molecule has 3 unspecified atom stereocenters. The van der Waals surface area contributed by atoms with E-state index in [1.54, 1.807) is 7.11 Å². The number of ether oxygens (including phenoxy) is 1. The fraction of sp³-hybridized carbons (Fsp3) is 0.733. The lowest BCUT2D eigenvalue weighted by Crippen LogP contribution is -2.49. The predicted octanol–water partition coefficient (Wildman–Crippen LogP) is 6.26. The van der Waals surface area contributed by atoms with Crippen molar-refractivity contribution in [3.63, 3.8) is 0 Å². The van der Waals surface area contributed by atoms with E-state index >= 15 is 0 Å². The number of amides is 2. The summed E-state index contributed by atoms with van der Waals surface area (Å²) in [7, 11) is 1.69. The number of hydrogen-bond donors (Lipinski definition) is 3. The van der Waals surface area contributed by atoms with Crippen LogP contribution in [0.1, 0.15) is 102 Å². The molecule has 3 atom stereocenters. The summed E-state index contributed by atoms with van der Waals surface area (Å²) in [6, 6.07) is 9.78. The molecule has 208 valence electrons. The SMILES string of the molecule is COCCCCC(O)(c1ccccc1)C1CCCC(C(=O)NN(CCCCC2CCCCC2)C(=O)O)C1. The van der Waals surface area contributed by atoms with Crippen molar-refractivity contribution in [2.24, 2.45) is 17.8 Å². The van der Waals surface area contributed by atoms with Gasteiger partial charge in [-0.15, -0.1) is 0 Å². The van der Waals surface area contributed by atoms with Gasteiger partial charge in [-0.05, 0) is 62.3 Å². The number of benzene rings is 1. The molecule has 0 heterocycles. The van der Waals surface area contributed by atoms with Crippen LogP contribution in [0.4, 0.5) is 4.79 Å². The number of nitrogens with one attached hydrogen (secondary N) is 1. The second kappa shape index (κ2) is 15.3. The van der Waals surface area contributed by atoms with Crippen LogP contribution in [0.3, 0.4) is 0 Å². The highest BCUT2D eigenvalue weighted by molar-refractivity contribution is 5.80. The Bertz CT molecular complexity index is 813. The zero-order valence-electron chi connectivity index (χ0n) is 22.7. The summed E-state index contributed by atoms with van der Waals surface area (Å²) in [5.74, 6) is 0.167. The summed E-state index contributed by atoms with van der Waals surface area (Å²) in [6.45, 7) is 0.976. The molecule has 0 saturated heterocycles. The fourth-order valence-electron chi connectivity index (χ4n) is 6.42. The Morgan fingerprint density at radius 2 is 1.76 bits per heavy atom. The van der Waals surface area contributed by atoms with Crippen LogP contribution in [-0.2, 0) is 15.1 Å². The summed E-state index contributed by atoms with van der Waals surface area (Å²) < 4.78 is 5.19. The minimum Gasteiger partial charge on any atom is -0.464 e. The van der Waals surface area contributed by atoms with Crippen LogP contribution < -0.4 is 5.43 Å². The van der Waals surface area contributed by atoms with Crippen LogP contribution in [0, 0.1) is 17.8 Å². The van der Waals surface area contributed by atoms with Crippen molar-refractivity contribution in [3.8, 4) is 0 Å². The number of carbonyl (C=O) groups excluding carboxylic acids is 1. The molecule has 7 nitrogen and oxygen atoms in total. The molecule has 0 aliphatic heterocycles. The molecule has 0 radical (unpaired) electrons. The first-order chi connectivity index (χ1) is 17.9. The Kier molecular flexibility index (Phi) is 12.2. The lowest BCUT2D eigenvalue weighted by molar-refractivity contribution is -0.133. The van der Waals surface area contributed by atoms with E-state index in [1.165, 1.54) is 32.1 Å². The molecule has 1 aromatic carbocycles. The lowest BCUT2D eigenvalue weighted by Gasteiger charge is -2.41. The molecule has 1 aromatic rings. The first-order valence-electron chi connectivity index (χ1n) is 14.5. The normalized spacial score (nSPS) is 22.2.